The lowest BCUT2D eigenvalue weighted by Gasteiger charge is -2.35. The summed E-state index contributed by atoms with van der Waals surface area (Å²) < 4.78 is 10.4. The summed E-state index contributed by atoms with van der Waals surface area (Å²) in [7, 11) is 1.70. The van der Waals surface area contributed by atoms with Gasteiger partial charge in [0.15, 0.2) is 0 Å². The fourth-order valence-electron chi connectivity index (χ4n) is 2.12. The van der Waals surface area contributed by atoms with Gasteiger partial charge in [0.25, 0.3) is 0 Å². The van der Waals surface area contributed by atoms with Crippen LogP contribution in [0.2, 0.25) is 0 Å². The van der Waals surface area contributed by atoms with E-state index in [1.54, 1.807) is 7.11 Å². The molecule has 0 bridgehead atoms. The second kappa shape index (κ2) is 8.35. The minimum absolute atomic E-state index is 0.496. The Morgan fingerprint density at radius 2 is 2.12 bits per heavy atom. The molecule has 1 rings (SSSR count). The van der Waals surface area contributed by atoms with E-state index < -0.39 is 0 Å². The Kier molecular flexibility index (Phi) is 7.51. The number of thioether (sulfide) groups is 1. The summed E-state index contributed by atoms with van der Waals surface area (Å²) in [6.07, 6.45) is 2.38. The van der Waals surface area contributed by atoms with Crippen molar-refractivity contribution in [2.24, 2.45) is 5.41 Å². The van der Waals surface area contributed by atoms with Gasteiger partial charge in [-0.15, -0.1) is 0 Å². The summed E-state index contributed by atoms with van der Waals surface area (Å²) in [4.78, 5) is 0. The standard InChI is InChI=1S/C13H27NO2S/c1-13(2)9-12(10-17-11-13)14-5-4-6-16-8-7-15-3/h12,14H,4-11H2,1-3H3. The van der Waals surface area contributed by atoms with Crippen molar-refractivity contribution in [3.05, 3.63) is 0 Å². The van der Waals surface area contributed by atoms with Crippen molar-refractivity contribution in [1.29, 1.82) is 0 Å². The number of rotatable bonds is 8. The molecule has 0 aromatic heterocycles. The smallest absolute Gasteiger partial charge is 0.0700 e. The zero-order valence-electron chi connectivity index (χ0n) is 11.5. The monoisotopic (exact) mass is 261 g/mol. The summed E-state index contributed by atoms with van der Waals surface area (Å²) in [6, 6.07) is 0.683. The van der Waals surface area contributed by atoms with Gasteiger partial charge in [-0.2, -0.15) is 11.8 Å². The molecule has 0 amide bonds. The van der Waals surface area contributed by atoms with Gasteiger partial charge in [-0.05, 0) is 30.6 Å². The lowest BCUT2D eigenvalue weighted by Crippen LogP contribution is -2.40. The van der Waals surface area contributed by atoms with Gasteiger partial charge in [-0.25, -0.2) is 0 Å². The fourth-order valence-corrected chi connectivity index (χ4v) is 3.43. The average Bonchev–Trinajstić information content (AvgIpc) is 2.27. The van der Waals surface area contributed by atoms with Crippen molar-refractivity contribution in [3.63, 3.8) is 0 Å². The number of methoxy groups -OCH3 is 1. The van der Waals surface area contributed by atoms with Gasteiger partial charge in [0, 0.05) is 25.5 Å². The molecule has 1 N–H and O–H groups in total. The highest BCUT2D eigenvalue weighted by Gasteiger charge is 2.27. The van der Waals surface area contributed by atoms with E-state index in [2.05, 4.69) is 30.9 Å². The largest absolute Gasteiger partial charge is 0.382 e. The highest BCUT2D eigenvalue weighted by Crippen LogP contribution is 2.33. The van der Waals surface area contributed by atoms with Gasteiger partial charge in [0.05, 0.1) is 13.2 Å². The van der Waals surface area contributed by atoms with E-state index in [0.717, 1.165) is 19.6 Å². The molecule has 1 heterocycles. The molecule has 0 radical (unpaired) electrons. The maximum Gasteiger partial charge on any atom is 0.0700 e. The first-order chi connectivity index (χ1) is 8.14. The van der Waals surface area contributed by atoms with Crippen molar-refractivity contribution in [1.82, 2.24) is 5.32 Å². The quantitative estimate of drug-likeness (QED) is 0.678. The Balaban J connectivity index is 1.95. The van der Waals surface area contributed by atoms with Crippen molar-refractivity contribution >= 4 is 11.8 Å². The van der Waals surface area contributed by atoms with Crippen LogP contribution in [0.1, 0.15) is 26.7 Å². The van der Waals surface area contributed by atoms with Crippen LogP contribution in [-0.2, 0) is 9.47 Å². The summed E-state index contributed by atoms with van der Waals surface area (Å²) >= 11 is 2.07. The molecule has 4 heteroatoms. The first-order valence-electron chi connectivity index (χ1n) is 6.52. The molecule has 0 spiro atoms. The highest BCUT2D eigenvalue weighted by atomic mass is 32.2. The van der Waals surface area contributed by atoms with E-state index in [0.29, 0.717) is 24.7 Å². The van der Waals surface area contributed by atoms with Gasteiger partial charge in [0.1, 0.15) is 0 Å². The minimum Gasteiger partial charge on any atom is -0.382 e. The molecule has 102 valence electrons. The van der Waals surface area contributed by atoms with Gasteiger partial charge in [-0.1, -0.05) is 13.8 Å². The Morgan fingerprint density at radius 1 is 1.29 bits per heavy atom. The molecule has 0 aromatic rings. The SMILES string of the molecule is COCCOCCCNC1CSCC(C)(C)C1. The summed E-state index contributed by atoms with van der Waals surface area (Å²) in [5.41, 5.74) is 0.496. The minimum atomic E-state index is 0.496. The molecule has 0 saturated carbocycles. The van der Waals surface area contributed by atoms with Crippen molar-refractivity contribution < 1.29 is 9.47 Å². The van der Waals surface area contributed by atoms with Gasteiger partial charge in [-0.3, -0.25) is 0 Å². The summed E-state index contributed by atoms with van der Waals surface area (Å²) in [6.45, 7) is 8.03. The van der Waals surface area contributed by atoms with Crippen LogP contribution in [-0.4, -0.2) is 51.0 Å². The van der Waals surface area contributed by atoms with Crippen molar-refractivity contribution in [3.8, 4) is 0 Å². The lowest BCUT2D eigenvalue weighted by molar-refractivity contribution is 0.0691. The summed E-state index contributed by atoms with van der Waals surface area (Å²) in [5.74, 6) is 2.55. The third kappa shape index (κ3) is 7.29. The molecule has 1 atom stereocenters. The molecular weight excluding hydrogens is 234 g/mol. The molecule has 1 unspecified atom stereocenters. The summed E-state index contributed by atoms with van der Waals surface area (Å²) in [5, 5.41) is 3.64. The third-order valence-electron chi connectivity index (χ3n) is 2.94. The van der Waals surface area contributed by atoms with Gasteiger partial charge >= 0.3 is 0 Å². The van der Waals surface area contributed by atoms with E-state index >= 15 is 0 Å². The molecule has 1 aliphatic heterocycles. The molecule has 1 aliphatic rings. The van der Waals surface area contributed by atoms with Crippen LogP contribution in [0, 0.1) is 5.41 Å². The number of ether oxygens (including phenoxy) is 2. The molecule has 0 aliphatic carbocycles. The lowest BCUT2D eigenvalue weighted by atomic mass is 9.88. The zero-order valence-corrected chi connectivity index (χ0v) is 12.3. The van der Waals surface area contributed by atoms with Gasteiger partial charge < -0.3 is 14.8 Å². The predicted molar refractivity (Wildman–Crippen MR) is 74.8 cm³/mol. The van der Waals surface area contributed by atoms with E-state index in [9.17, 15) is 0 Å². The molecule has 3 nitrogen and oxygen atoms in total. The van der Waals surface area contributed by atoms with Crippen molar-refractivity contribution in [2.75, 3.05) is 45.0 Å². The molecule has 0 aromatic carbocycles. The normalized spacial score (nSPS) is 23.8. The van der Waals surface area contributed by atoms with E-state index in [1.807, 2.05) is 0 Å². The predicted octanol–water partition coefficient (Wildman–Crippen LogP) is 2.16. The Hall–Kier alpha value is 0.230. The molecular formula is C13H27NO2S. The second-order valence-electron chi connectivity index (χ2n) is 5.49. The van der Waals surface area contributed by atoms with Crippen LogP contribution < -0.4 is 5.32 Å². The highest BCUT2D eigenvalue weighted by molar-refractivity contribution is 7.99. The number of nitrogens with one attached hydrogen (secondary N) is 1. The van der Waals surface area contributed by atoms with Crippen molar-refractivity contribution in [2.45, 2.75) is 32.7 Å². The van der Waals surface area contributed by atoms with Crippen LogP contribution >= 0.6 is 11.8 Å². The van der Waals surface area contributed by atoms with Crippen LogP contribution in [0.5, 0.6) is 0 Å². The second-order valence-corrected chi connectivity index (χ2v) is 6.52. The maximum atomic E-state index is 5.43. The number of hydrogen-bond acceptors (Lipinski definition) is 4. The number of hydrogen-bond donors (Lipinski definition) is 1. The van der Waals surface area contributed by atoms with Crippen LogP contribution in [0.25, 0.3) is 0 Å². The average molecular weight is 261 g/mol. The molecule has 1 fully saturated rings. The zero-order chi connectivity index (χ0) is 12.6. The fraction of sp³-hybridized carbons (Fsp3) is 1.00. The van der Waals surface area contributed by atoms with Crippen LogP contribution in [0.15, 0.2) is 0 Å². The third-order valence-corrected chi connectivity index (χ3v) is 4.56. The maximum absolute atomic E-state index is 5.43. The topological polar surface area (TPSA) is 30.5 Å². The van der Waals surface area contributed by atoms with E-state index in [-0.39, 0.29) is 0 Å². The van der Waals surface area contributed by atoms with Gasteiger partial charge in [0.2, 0.25) is 0 Å². The van der Waals surface area contributed by atoms with Crippen LogP contribution in [0.4, 0.5) is 0 Å². The first kappa shape index (κ1) is 15.3. The van der Waals surface area contributed by atoms with E-state index in [1.165, 1.54) is 17.9 Å². The van der Waals surface area contributed by atoms with E-state index in [4.69, 9.17) is 9.47 Å². The Bertz CT molecular complexity index is 200. The van der Waals surface area contributed by atoms with Crippen LogP contribution in [0.3, 0.4) is 0 Å². The first-order valence-corrected chi connectivity index (χ1v) is 7.67. The Morgan fingerprint density at radius 3 is 2.82 bits per heavy atom. The molecule has 1 saturated heterocycles. The molecule has 17 heavy (non-hydrogen) atoms. The Labute approximate surface area is 110 Å².